The van der Waals surface area contributed by atoms with Crippen LogP contribution in [-0.4, -0.2) is 22.1 Å². The van der Waals surface area contributed by atoms with Crippen molar-refractivity contribution in [1.82, 2.24) is 15.5 Å². The van der Waals surface area contributed by atoms with Crippen LogP contribution in [0.5, 0.6) is 0 Å². The summed E-state index contributed by atoms with van der Waals surface area (Å²) in [6, 6.07) is 6.89. The summed E-state index contributed by atoms with van der Waals surface area (Å²) in [7, 11) is 0. The molecule has 2 rings (SSSR count). The first-order valence-corrected chi connectivity index (χ1v) is 6.07. The minimum absolute atomic E-state index is 0.0250. The number of rotatable bonds is 5. The van der Waals surface area contributed by atoms with Gasteiger partial charge in [0.25, 0.3) is 5.91 Å². The number of nitrogens with two attached hydrogens (primary N) is 1. The van der Waals surface area contributed by atoms with Crippen LogP contribution in [0.2, 0.25) is 0 Å². The molecule has 3 N–H and O–H groups in total. The van der Waals surface area contributed by atoms with E-state index in [1.807, 2.05) is 19.1 Å². The molecular weight excluding hydrogens is 244 g/mol. The normalized spacial score (nSPS) is 12.1. The number of nitrogens with one attached hydrogen (secondary N) is 1. The van der Waals surface area contributed by atoms with Crippen LogP contribution in [0.4, 0.5) is 5.82 Å². The predicted molar refractivity (Wildman–Crippen MR) is 70.4 cm³/mol. The van der Waals surface area contributed by atoms with E-state index in [-0.39, 0.29) is 17.6 Å². The topological polar surface area (TPSA) is 94.0 Å². The average molecular weight is 260 g/mol. The Morgan fingerprint density at radius 2 is 2.26 bits per heavy atom. The van der Waals surface area contributed by atoms with E-state index in [1.165, 1.54) is 0 Å². The number of hydrogen-bond acceptors (Lipinski definition) is 5. The number of anilines is 1. The molecule has 2 aromatic rings. The Balaban J connectivity index is 1.83. The van der Waals surface area contributed by atoms with Crippen molar-refractivity contribution in [3.63, 3.8) is 0 Å². The van der Waals surface area contributed by atoms with Crippen LogP contribution in [0.1, 0.15) is 29.6 Å². The Bertz CT molecular complexity index is 522. The van der Waals surface area contributed by atoms with Gasteiger partial charge in [0.15, 0.2) is 5.69 Å². The van der Waals surface area contributed by atoms with Gasteiger partial charge in [-0.05, 0) is 37.6 Å². The van der Waals surface area contributed by atoms with Gasteiger partial charge in [-0.25, -0.2) is 0 Å². The smallest absolute Gasteiger partial charge is 0.272 e. The molecule has 1 amide bonds. The third-order valence-electron chi connectivity index (χ3n) is 2.70. The van der Waals surface area contributed by atoms with Crippen LogP contribution in [0.15, 0.2) is 34.9 Å². The molecule has 1 atom stereocenters. The molecule has 0 aromatic carbocycles. The van der Waals surface area contributed by atoms with E-state index in [2.05, 4.69) is 15.5 Å². The van der Waals surface area contributed by atoms with Crippen molar-refractivity contribution in [2.24, 2.45) is 0 Å². The molecule has 2 heterocycles. The number of hydrogen-bond donors (Lipinski definition) is 2. The van der Waals surface area contributed by atoms with Crippen LogP contribution in [0, 0.1) is 0 Å². The molecule has 100 valence electrons. The summed E-state index contributed by atoms with van der Waals surface area (Å²) >= 11 is 0. The molecular formula is C13H16N4O2. The van der Waals surface area contributed by atoms with Crippen LogP contribution in [0.25, 0.3) is 0 Å². The van der Waals surface area contributed by atoms with Crippen LogP contribution in [-0.2, 0) is 6.42 Å². The molecule has 0 saturated heterocycles. The lowest BCUT2D eigenvalue weighted by Gasteiger charge is -2.12. The molecule has 2 aromatic heterocycles. The van der Waals surface area contributed by atoms with E-state index in [0.717, 1.165) is 18.6 Å². The summed E-state index contributed by atoms with van der Waals surface area (Å²) in [5.74, 6) is 0.954. The largest absolute Gasteiger partial charge is 0.469 e. The highest BCUT2D eigenvalue weighted by atomic mass is 16.3. The zero-order valence-corrected chi connectivity index (χ0v) is 10.7. The standard InChI is InChI=1S/C13H16N4O2/c1-9(4-5-10-3-2-8-19-10)15-13(18)11-6-7-12(14)17-16-11/h2-3,6-9H,4-5H2,1H3,(H2,14,17)(H,15,18). The summed E-state index contributed by atoms with van der Waals surface area (Å²) in [6.07, 6.45) is 3.21. The van der Waals surface area contributed by atoms with Crippen molar-refractivity contribution in [2.45, 2.75) is 25.8 Å². The van der Waals surface area contributed by atoms with E-state index in [0.29, 0.717) is 5.82 Å². The maximum absolute atomic E-state index is 11.8. The number of nitrogens with zero attached hydrogens (tertiary/aromatic N) is 2. The minimum atomic E-state index is -0.251. The summed E-state index contributed by atoms with van der Waals surface area (Å²) in [5.41, 5.74) is 5.68. The molecule has 0 spiro atoms. The van der Waals surface area contributed by atoms with E-state index >= 15 is 0 Å². The Labute approximate surface area is 111 Å². The van der Waals surface area contributed by atoms with Crippen LogP contribution >= 0.6 is 0 Å². The fourth-order valence-electron chi connectivity index (χ4n) is 1.65. The van der Waals surface area contributed by atoms with Gasteiger partial charge >= 0.3 is 0 Å². The fraction of sp³-hybridized carbons (Fsp3) is 0.308. The second-order valence-corrected chi connectivity index (χ2v) is 4.34. The summed E-state index contributed by atoms with van der Waals surface area (Å²) < 4.78 is 5.24. The highest BCUT2D eigenvalue weighted by Gasteiger charge is 2.11. The molecule has 0 saturated carbocycles. The van der Waals surface area contributed by atoms with Crippen LogP contribution in [0.3, 0.4) is 0 Å². The third-order valence-corrected chi connectivity index (χ3v) is 2.70. The lowest BCUT2D eigenvalue weighted by molar-refractivity contribution is 0.0932. The van der Waals surface area contributed by atoms with Gasteiger partial charge in [-0.2, -0.15) is 0 Å². The van der Waals surface area contributed by atoms with Crippen molar-refractivity contribution in [3.8, 4) is 0 Å². The number of amides is 1. The van der Waals surface area contributed by atoms with Crippen molar-refractivity contribution >= 4 is 11.7 Å². The van der Waals surface area contributed by atoms with Gasteiger partial charge in [0.1, 0.15) is 11.6 Å². The number of carbonyl (C=O) groups is 1. The molecule has 0 fully saturated rings. The number of nitrogen functional groups attached to an aromatic ring is 1. The van der Waals surface area contributed by atoms with Gasteiger partial charge in [-0.15, -0.1) is 10.2 Å². The Hall–Kier alpha value is -2.37. The molecule has 0 aliphatic rings. The Morgan fingerprint density at radius 3 is 2.89 bits per heavy atom. The summed E-state index contributed by atoms with van der Waals surface area (Å²) in [5, 5.41) is 10.2. The second kappa shape index (κ2) is 5.99. The zero-order valence-electron chi connectivity index (χ0n) is 10.7. The van der Waals surface area contributed by atoms with Crippen molar-refractivity contribution in [3.05, 3.63) is 42.0 Å². The van der Waals surface area contributed by atoms with Crippen molar-refractivity contribution < 1.29 is 9.21 Å². The van der Waals surface area contributed by atoms with Crippen molar-refractivity contribution in [2.75, 3.05) is 5.73 Å². The van der Waals surface area contributed by atoms with Gasteiger partial charge in [0.2, 0.25) is 0 Å². The van der Waals surface area contributed by atoms with E-state index < -0.39 is 0 Å². The third kappa shape index (κ3) is 3.80. The van der Waals surface area contributed by atoms with Gasteiger partial charge < -0.3 is 15.5 Å². The minimum Gasteiger partial charge on any atom is -0.469 e. The summed E-state index contributed by atoms with van der Waals surface area (Å²) in [4.78, 5) is 11.8. The Kier molecular flexibility index (Phi) is 4.12. The SMILES string of the molecule is CC(CCc1ccco1)NC(=O)c1ccc(N)nn1. The zero-order chi connectivity index (χ0) is 13.7. The fourth-order valence-corrected chi connectivity index (χ4v) is 1.65. The molecule has 0 bridgehead atoms. The molecule has 0 radical (unpaired) electrons. The lowest BCUT2D eigenvalue weighted by atomic mass is 10.1. The lowest BCUT2D eigenvalue weighted by Crippen LogP contribution is -2.33. The maximum atomic E-state index is 11.8. The summed E-state index contributed by atoms with van der Waals surface area (Å²) in [6.45, 7) is 1.94. The first kappa shape index (κ1) is 13.1. The second-order valence-electron chi connectivity index (χ2n) is 4.34. The first-order valence-electron chi connectivity index (χ1n) is 6.07. The van der Waals surface area contributed by atoms with E-state index in [4.69, 9.17) is 10.2 Å². The number of carbonyl (C=O) groups excluding carboxylic acids is 1. The first-order chi connectivity index (χ1) is 9.15. The number of aromatic nitrogens is 2. The van der Waals surface area contributed by atoms with Crippen molar-refractivity contribution in [1.29, 1.82) is 0 Å². The predicted octanol–water partition coefficient (Wildman–Crippen LogP) is 1.40. The molecule has 1 unspecified atom stereocenters. The number of furan rings is 1. The van der Waals surface area contributed by atoms with Gasteiger partial charge in [0.05, 0.1) is 6.26 Å². The monoisotopic (exact) mass is 260 g/mol. The maximum Gasteiger partial charge on any atom is 0.272 e. The molecule has 6 heteroatoms. The molecule has 19 heavy (non-hydrogen) atoms. The molecule has 0 aliphatic carbocycles. The molecule has 6 nitrogen and oxygen atoms in total. The van der Waals surface area contributed by atoms with E-state index in [9.17, 15) is 4.79 Å². The average Bonchev–Trinajstić information content (AvgIpc) is 2.90. The van der Waals surface area contributed by atoms with Gasteiger partial charge in [-0.1, -0.05) is 0 Å². The quantitative estimate of drug-likeness (QED) is 0.847. The molecule has 0 aliphatic heterocycles. The van der Waals surface area contributed by atoms with Gasteiger partial charge in [-0.3, -0.25) is 4.79 Å². The van der Waals surface area contributed by atoms with E-state index in [1.54, 1.807) is 18.4 Å². The number of aryl methyl sites for hydroxylation is 1. The Morgan fingerprint density at radius 1 is 1.42 bits per heavy atom. The highest BCUT2D eigenvalue weighted by Crippen LogP contribution is 2.06. The highest BCUT2D eigenvalue weighted by molar-refractivity contribution is 5.92. The van der Waals surface area contributed by atoms with Gasteiger partial charge in [0, 0.05) is 12.5 Å². The van der Waals surface area contributed by atoms with Crippen LogP contribution < -0.4 is 11.1 Å².